The fourth-order valence-corrected chi connectivity index (χ4v) is 9.36. The summed E-state index contributed by atoms with van der Waals surface area (Å²) in [4.78, 5) is 30.0. The Morgan fingerprint density at radius 3 is 2.20 bits per heavy atom. The van der Waals surface area contributed by atoms with E-state index in [2.05, 4.69) is 29.3 Å². The fraction of sp³-hybridized carbons (Fsp3) is 0.515. The number of piperazine rings is 1. The zero-order chi connectivity index (χ0) is 29.1. The first-order chi connectivity index (χ1) is 19.8. The van der Waals surface area contributed by atoms with Crippen LogP contribution in [0.25, 0.3) is 0 Å². The van der Waals surface area contributed by atoms with Gasteiger partial charge in [0, 0.05) is 6.54 Å². The molecule has 2 heterocycles. The molecule has 0 aromatic heterocycles. The molecule has 7 nitrogen and oxygen atoms in total. The molecule has 2 aromatic rings. The predicted molar refractivity (Wildman–Crippen MR) is 161 cm³/mol. The van der Waals surface area contributed by atoms with Crippen LogP contribution in [0.4, 0.5) is 0 Å². The third kappa shape index (κ3) is 5.73. The van der Waals surface area contributed by atoms with Gasteiger partial charge in [0.05, 0.1) is 10.1 Å². The predicted octanol–water partition coefficient (Wildman–Crippen LogP) is 4.06. The molecule has 3 aliphatic rings. The molecule has 0 spiro atoms. The summed E-state index contributed by atoms with van der Waals surface area (Å²) >= 11 is 0. The van der Waals surface area contributed by atoms with Crippen LogP contribution in [0.5, 0.6) is 0 Å². The zero-order valence-electron chi connectivity index (χ0n) is 24.2. The van der Waals surface area contributed by atoms with Crippen molar-refractivity contribution in [2.45, 2.75) is 81.1 Å². The van der Waals surface area contributed by atoms with Crippen molar-refractivity contribution in [3.8, 4) is 0 Å². The lowest BCUT2D eigenvalue weighted by Gasteiger charge is -2.44. The molecule has 2 fully saturated rings. The molecule has 0 saturated carbocycles. The maximum Gasteiger partial charge on any atom is 0.246 e. The minimum absolute atomic E-state index is 0.0140. The lowest BCUT2D eigenvalue weighted by molar-refractivity contribution is -0.154. The van der Waals surface area contributed by atoms with Crippen molar-refractivity contribution < 1.29 is 18.0 Å². The van der Waals surface area contributed by atoms with E-state index in [4.69, 9.17) is 0 Å². The monoisotopic (exact) mass is 577 g/mol. The number of rotatable bonds is 10. The quantitative estimate of drug-likeness (QED) is 0.416. The smallest absolute Gasteiger partial charge is 0.246 e. The van der Waals surface area contributed by atoms with E-state index in [1.165, 1.54) is 11.1 Å². The van der Waals surface area contributed by atoms with E-state index in [-0.39, 0.29) is 41.0 Å². The van der Waals surface area contributed by atoms with Gasteiger partial charge in [-0.25, -0.2) is 8.42 Å². The standard InChI is InChI=1S/C33H43N3O4S/c1-4-22(5-2)31-32(37)35-30(27-19-24-11-7-8-12-25(24)20-27)33(38)36(31)21-26-13-9-10-14-29(26)41(39,40)28(6-3)23-15-17-34-18-16-23/h6-14,22-23,27-28,30-31,34H,3-5,15-21H2,1-2H3,(H,35,37). The van der Waals surface area contributed by atoms with Gasteiger partial charge in [0.25, 0.3) is 0 Å². The van der Waals surface area contributed by atoms with Crippen LogP contribution in [0.15, 0.2) is 66.1 Å². The number of benzene rings is 2. The summed E-state index contributed by atoms with van der Waals surface area (Å²) in [5.74, 6) is -0.332. The minimum Gasteiger partial charge on any atom is -0.342 e. The number of piperidine rings is 1. The Labute approximate surface area is 244 Å². The van der Waals surface area contributed by atoms with Crippen molar-refractivity contribution in [1.29, 1.82) is 0 Å². The highest BCUT2D eigenvalue weighted by Crippen LogP contribution is 2.35. The van der Waals surface area contributed by atoms with E-state index in [0.717, 1.165) is 51.6 Å². The van der Waals surface area contributed by atoms with E-state index in [1.54, 1.807) is 29.2 Å². The fourth-order valence-electron chi connectivity index (χ4n) is 7.27. The third-order valence-electron chi connectivity index (χ3n) is 9.56. The summed E-state index contributed by atoms with van der Waals surface area (Å²) < 4.78 is 28.2. The average Bonchev–Trinajstić information content (AvgIpc) is 3.42. The van der Waals surface area contributed by atoms with E-state index >= 15 is 0 Å². The van der Waals surface area contributed by atoms with Crippen LogP contribution in [0.2, 0.25) is 0 Å². The van der Waals surface area contributed by atoms with Crippen LogP contribution in [-0.4, -0.2) is 55.6 Å². The highest BCUT2D eigenvalue weighted by Gasteiger charge is 2.47. The molecule has 2 aliphatic heterocycles. The second-order valence-electron chi connectivity index (χ2n) is 11.9. The number of amides is 2. The number of carbonyl (C=O) groups is 2. The number of carbonyl (C=O) groups excluding carboxylic acids is 2. The van der Waals surface area contributed by atoms with Gasteiger partial charge >= 0.3 is 0 Å². The maximum absolute atomic E-state index is 14.3. The first-order valence-electron chi connectivity index (χ1n) is 15.1. The Hall–Kier alpha value is -2.97. The van der Waals surface area contributed by atoms with Gasteiger partial charge in [0.2, 0.25) is 11.8 Å². The van der Waals surface area contributed by atoms with Gasteiger partial charge in [-0.1, -0.05) is 75.2 Å². The normalized spacial score (nSPS) is 23.0. The summed E-state index contributed by atoms with van der Waals surface area (Å²) in [6.07, 6.45) is 6.06. The first-order valence-corrected chi connectivity index (χ1v) is 16.7. The second kappa shape index (κ2) is 12.5. The van der Waals surface area contributed by atoms with Crippen LogP contribution in [0.3, 0.4) is 0 Å². The molecule has 2 aromatic carbocycles. The Kier molecular flexibility index (Phi) is 9.00. The number of sulfone groups is 1. The van der Waals surface area contributed by atoms with Crippen molar-refractivity contribution in [3.63, 3.8) is 0 Å². The summed E-state index contributed by atoms with van der Waals surface area (Å²) in [5.41, 5.74) is 3.00. The van der Waals surface area contributed by atoms with Crippen LogP contribution >= 0.6 is 0 Å². The van der Waals surface area contributed by atoms with E-state index in [0.29, 0.717) is 5.56 Å². The van der Waals surface area contributed by atoms with Crippen molar-refractivity contribution in [1.82, 2.24) is 15.5 Å². The molecule has 2 saturated heterocycles. The van der Waals surface area contributed by atoms with Crippen LogP contribution in [0, 0.1) is 17.8 Å². The molecule has 2 N–H and O–H groups in total. The van der Waals surface area contributed by atoms with E-state index < -0.39 is 27.2 Å². The Balaban J connectivity index is 1.49. The van der Waals surface area contributed by atoms with Gasteiger partial charge in [-0.2, -0.15) is 0 Å². The molecular weight excluding hydrogens is 534 g/mol. The largest absolute Gasteiger partial charge is 0.342 e. The van der Waals surface area contributed by atoms with Crippen molar-refractivity contribution >= 4 is 21.7 Å². The molecule has 5 rings (SSSR count). The molecule has 2 amide bonds. The number of nitrogens with zero attached hydrogens (tertiary/aromatic N) is 1. The number of nitrogens with one attached hydrogen (secondary N) is 2. The van der Waals surface area contributed by atoms with Gasteiger partial charge < -0.3 is 15.5 Å². The third-order valence-corrected chi connectivity index (χ3v) is 11.9. The number of hydrogen-bond acceptors (Lipinski definition) is 5. The summed E-state index contributed by atoms with van der Waals surface area (Å²) in [6, 6.07) is 13.9. The van der Waals surface area contributed by atoms with E-state index in [1.807, 2.05) is 32.0 Å². The van der Waals surface area contributed by atoms with Crippen molar-refractivity contribution in [3.05, 3.63) is 77.9 Å². The summed E-state index contributed by atoms with van der Waals surface area (Å²) in [5, 5.41) is 5.71. The van der Waals surface area contributed by atoms with Gasteiger partial charge in [-0.05, 0) is 79.3 Å². The van der Waals surface area contributed by atoms with Crippen molar-refractivity contribution in [2.24, 2.45) is 17.8 Å². The van der Waals surface area contributed by atoms with Gasteiger partial charge in [0.15, 0.2) is 9.84 Å². The molecule has 0 bridgehead atoms. The molecule has 3 atom stereocenters. The average molecular weight is 578 g/mol. The maximum atomic E-state index is 14.3. The van der Waals surface area contributed by atoms with E-state index in [9.17, 15) is 18.0 Å². The summed E-state index contributed by atoms with van der Waals surface area (Å²) in [7, 11) is -3.76. The number of hydrogen-bond donors (Lipinski definition) is 2. The topological polar surface area (TPSA) is 95.6 Å². The van der Waals surface area contributed by atoms with Gasteiger partial charge in [-0.15, -0.1) is 6.58 Å². The summed E-state index contributed by atoms with van der Waals surface area (Å²) in [6.45, 7) is 9.63. The highest BCUT2D eigenvalue weighted by molar-refractivity contribution is 7.92. The highest BCUT2D eigenvalue weighted by atomic mass is 32.2. The molecule has 41 heavy (non-hydrogen) atoms. The van der Waals surface area contributed by atoms with Crippen molar-refractivity contribution in [2.75, 3.05) is 13.1 Å². The Bertz CT molecular complexity index is 1360. The van der Waals surface area contributed by atoms with Crippen LogP contribution in [0.1, 0.15) is 56.2 Å². The SMILES string of the molecule is C=CC(C1CCNCC1)S(=O)(=O)c1ccccc1CN1C(=O)C(C2Cc3ccccc3C2)NC(=O)C1C(CC)CC. The Morgan fingerprint density at radius 1 is 0.976 bits per heavy atom. The van der Waals surface area contributed by atoms with Crippen LogP contribution < -0.4 is 10.6 Å². The first kappa shape index (κ1) is 29.5. The molecule has 8 heteroatoms. The van der Waals surface area contributed by atoms with Crippen LogP contribution in [-0.2, 0) is 38.8 Å². The molecule has 0 radical (unpaired) electrons. The zero-order valence-corrected chi connectivity index (χ0v) is 25.0. The molecule has 220 valence electrons. The van der Waals surface area contributed by atoms with Gasteiger partial charge in [-0.3, -0.25) is 9.59 Å². The lowest BCUT2D eigenvalue weighted by atomic mass is 9.86. The Morgan fingerprint density at radius 2 is 1.59 bits per heavy atom. The molecule has 3 unspecified atom stereocenters. The molecule has 1 aliphatic carbocycles. The number of fused-ring (bicyclic) bond motifs is 1. The second-order valence-corrected chi connectivity index (χ2v) is 13.9. The lowest BCUT2D eigenvalue weighted by Crippen LogP contribution is -2.66. The minimum atomic E-state index is -3.76. The molecular formula is C33H43N3O4S. The van der Waals surface area contributed by atoms with Gasteiger partial charge in [0.1, 0.15) is 12.1 Å².